The number of carbonyl (C=O) groups excluding carboxylic acids is 3. The van der Waals surface area contributed by atoms with E-state index in [0.29, 0.717) is 26.3 Å². The van der Waals surface area contributed by atoms with Crippen molar-refractivity contribution < 1.29 is 19.1 Å². The monoisotopic (exact) mass is 380 g/mol. The number of carbonyl (C=O) groups is 3. The van der Waals surface area contributed by atoms with Gasteiger partial charge in [0.1, 0.15) is 5.75 Å². The number of amides is 2. The van der Waals surface area contributed by atoms with Crippen molar-refractivity contribution in [2.24, 2.45) is 0 Å². The van der Waals surface area contributed by atoms with Crippen LogP contribution in [0.2, 0.25) is 4.34 Å². The normalized spacial score (nSPS) is 10.2. The highest BCUT2D eigenvalue weighted by atomic mass is 35.5. The minimum absolute atomic E-state index is 0.0296. The first kappa shape index (κ1) is 19.0. The van der Waals surface area contributed by atoms with Crippen LogP contribution in [0.15, 0.2) is 30.3 Å². The second kappa shape index (κ2) is 8.64. The summed E-state index contributed by atoms with van der Waals surface area (Å²) in [7, 11) is 1.48. The molecule has 0 fully saturated rings. The predicted octanol–water partition coefficient (Wildman–Crippen LogP) is 3.97. The maximum absolute atomic E-state index is 12.1. The van der Waals surface area contributed by atoms with Gasteiger partial charge in [-0.05, 0) is 30.3 Å². The molecule has 0 aliphatic heterocycles. The van der Waals surface area contributed by atoms with Crippen LogP contribution in [-0.2, 0) is 9.59 Å². The lowest BCUT2D eigenvalue weighted by Gasteiger charge is -2.12. The fourth-order valence-corrected chi connectivity index (χ4v) is 3.12. The van der Waals surface area contributed by atoms with Crippen LogP contribution in [0.3, 0.4) is 0 Å². The first-order valence-corrected chi connectivity index (χ1v) is 8.62. The van der Waals surface area contributed by atoms with Gasteiger partial charge in [0.15, 0.2) is 5.78 Å². The van der Waals surface area contributed by atoms with Gasteiger partial charge in [0.05, 0.1) is 22.0 Å². The molecule has 132 valence electrons. The summed E-state index contributed by atoms with van der Waals surface area (Å²) in [5.41, 5.74) is 0.957. The Morgan fingerprint density at radius 2 is 1.88 bits per heavy atom. The number of hydrogen-bond donors (Lipinski definition) is 2. The number of ketones is 1. The molecule has 0 saturated heterocycles. The largest absolute Gasteiger partial charge is 0.495 e. The van der Waals surface area contributed by atoms with Crippen LogP contribution < -0.4 is 15.4 Å². The molecule has 1 aromatic carbocycles. The van der Waals surface area contributed by atoms with Crippen molar-refractivity contribution in [1.29, 1.82) is 0 Å². The highest BCUT2D eigenvalue weighted by molar-refractivity contribution is 7.18. The summed E-state index contributed by atoms with van der Waals surface area (Å²) in [4.78, 5) is 35.8. The van der Waals surface area contributed by atoms with Gasteiger partial charge < -0.3 is 15.4 Å². The molecule has 1 aromatic heterocycles. The molecule has 6 nitrogen and oxygen atoms in total. The highest BCUT2D eigenvalue weighted by Crippen LogP contribution is 2.28. The third-order valence-corrected chi connectivity index (χ3v) is 4.49. The number of hydrogen-bond acceptors (Lipinski definition) is 5. The van der Waals surface area contributed by atoms with E-state index in [0.717, 1.165) is 0 Å². The van der Waals surface area contributed by atoms with E-state index in [1.165, 1.54) is 25.4 Å². The van der Waals surface area contributed by atoms with Crippen molar-refractivity contribution in [3.63, 3.8) is 0 Å². The summed E-state index contributed by atoms with van der Waals surface area (Å²) < 4.78 is 5.73. The van der Waals surface area contributed by atoms with E-state index in [1.807, 2.05) is 0 Å². The van der Waals surface area contributed by atoms with Gasteiger partial charge in [-0.25, -0.2) is 0 Å². The molecular formula is C17H17ClN2O4S. The summed E-state index contributed by atoms with van der Waals surface area (Å²) in [5, 5.41) is 5.33. The van der Waals surface area contributed by atoms with E-state index >= 15 is 0 Å². The Balaban J connectivity index is 1.99. The minimum atomic E-state index is -0.325. The average molecular weight is 381 g/mol. The van der Waals surface area contributed by atoms with E-state index in [4.69, 9.17) is 16.3 Å². The Morgan fingerprint density at radius 3 is 2.48 bits per heavy atom. The maximum Gasteiger partial charge on any atom is 0.224 e. The Hall–Kier alpha value is -2.38. The van der Waals surface area contributed by atoms with Crippen LogP contribution in [0.25, 0.3) is 0 Å². The quantitative estimate of drug-likeness (QED) is 0.712. The number of halogens is 1. The molecule has 0 bridgehead atoms. The van der Waals surface area contributed by atoms with Crippen molar-refractivity contribution in [3.8, 4) is 5.75 Å². The Morgan fingerprint density at radius 1 is 1.12 bits per heavy atom. The molecule has 0 atom stereocenters. The molecule has 0 aliphatic rings. The molecule has 2 N–H and O–H groups in total. The molecule has 0 radical (unpaired) electrons. The molecule has 0 aliphatic carbocycles. The van der Waals surface area contributed by atoms with Crippen molar-refractivity contribution >= 4 is 51.9 Å². The molecule has 2 rings (SSSR count). The number of ether oxygens (including phenoxy) is 1. The third-order valence-electron chi connectivity index (χ3n) is 3.22. The lowest BCUT2D eigenvalue weighted by atomic mass is 10.2. The van der Waals surface area contributed by atoms with Gasteiger partial charge in [-0.15, -0.1) is 11.3 Å². The molecule has 2 aromatic rings. The second-order valence-electron chi connectivity index (χ2n) is 5.17. The molecule has 0 saturated carbocycles. The summed E-state index contributed by atoms with van der Waals surface area (Å²) in [6, 6.07) is 8.20. The summed E-state index contributed by atoms with van der Waals surface area (Å²) in [5.74, 6) is -0.221. The zero-order valence-electron chi connectivity index (χ0n) is 13.7. The third kappa shape index (κ3) is 5.58. The van der Waals surface area contributed by atoms with Crippen LogP contribution in [0.4, 0.5) is 11.4 Å². The minimum Gasteiger partial charge on any atom is -0.495 e. The molecule has 0 spiro atoms. The molecule has 25 heavy (non-hydrogen) atoms. The van der Waals surface area contributed by atoms with Gasteiger partial charge in [0.25, 0.3) is 0 Å². The maximum atomic E-state index is 12.1. The average Bonchev–Trinajstić information content (AvgIpc) is 2.99. The van der Waals surface area contributed by atoms with E-state index in [2.05, 4.69) is 10.6 Å². The number of nitrogens with one attached hydrogen (secondary N) is 2. The van der Waals surface area contributed by atoms with Gasteiger partial charge in [-0.1, -0.05) is 11.6 Å². The van der Waals surface area contributed by atoms with Crippen molar-refractivity contribution in [3.05, 3.63) is 39.5 Å². The molecular weight excluding hydrogens is 364 g/mol. The number of benzene rings is 1. The van der Waals surface area contributed by atoms with Crippen LogP contribution in [-0.4, -0.2) is 24.7 Å². The van der Waals surface area contributed by atoms with Crippen LogP contribution >= 0.6 is 22.9 Å². The Bertz CT molecular complexity index is 804. The second-order valence-corrected chi connectivity index (χ2v) is 6.89. The highest BCUT2D eigenvalue weighted by Gasteiger charge is 2.13. The molecule has 8 heteroatoms. The van der Waals surface area contributed by atoms with Crippen LogP contribution in [0, 0.1) is 0 Å². The van der Waals surface area contributed by atoms with E-state index in [9.17, 15) is 14.4 Å². The lowest BCUT2D eigenvalue weighted by Crippen LogP contribution is -2.14. The zero-order chi connectivity index (χ0) is 18.4. The van der Waals surface area contributed by atoms with Gasteiger partial charge in [-0.2, -0.15) is 0 Å². The molecule has 0 unspecified atom stereocenters. The van der Waals surface area contributed by atoms with Crippen molar-refractivity contribution in [2.45, 2.75) is 19.8 Å². The van der Waals surface area contributed by atoms with Crippen molar-refractivity contribution in [1.82, 2.24) is 0 Å². The smallest absolute Gasteiger partial charge is 0.224 e. The Kier molecular flexibility index (Phi) is 6.55. The topological polar surface area (TPSA) is 84.5 Å². The van der Waals surface area contributed by atoms with Crippen LogP contribution in [0.5, 0.6) is 5.75 Å². The fourth-order valence-electron chi connectivity index (χ4n) is 2.11. The number of rotatable bonds is 7. The molecule has 2 amide bonds. The van der Waals surface area contributed by atoms with Gasteiger partial charge >= 0.3 is 0 Å². The summed E-state index contributed by atoms with van der Waals surface area (Å²) >= 11 is 6.99. The van der Waals surface area contributed by atoms with Crippen molar-refractivity contribution in [2.75, 3.05) is 17.7 Å². The first-order chi connectivity index (χ1) is 11.9. The summed E-state index contributed by atoms with van der Waals surface area (Å²) in [6.07, 6.45) is 0.109. The number of thiophene rings is 1. The number of methoxy groups -OCH3 is 1. The van der Waals surface area contributed by atoms with E-state index in [-0.39, 0.29) is 30.4 Å². The van der Waals surface area contributed by atoms with Crippen LogP contribution in [0.1, 0.15) is 29.4 Å². The van der Waals surface area contributed by atoms with Gasteiger partial charge in [0, 0.05) is 25.5 Å². The van der Waals surface area contributed by atoms with Gasteiger partial charge in [-0.3, -0.25) is 14.4 Å². The fraction of sp³-hybridized carbons (Fsp3) is 0.235. The molecule has 1 heterocycles. The predicted molar refractivity (Wildman–Crippen MR) is 98.8 cm³/mol. The standard InChI is InChI=1S/C17H17ClN2O4S/c1-10(21)19-11-3-5-14(24-2)12(9-11)20-17(23)8-4-13(22)15-6-7-16(18)25-15/h3,5-7,9H,4,8H2,1-2H3,(H,19,21)(H,20,23). The number of Topliss-reactive ketones (excluding diaryl/α,β-unsaturated/α-hetero) is 1. The number of anilines is 2. The SMILES string of the molecule is COc1ccc(NC(C)=O)cc1NC(=O)CCC(=O)c1ccc(Cl)s1. The lowest BCUT2D eigenvalue weighted by molar-refractivity contribution is -0.116. The summed E-state index contributed by atoms with van der Waals surface area (Å²) in [6.45, 7) is 1.39. The van der Waals surface area contributed by atoms with E-state index < -0.39 is 0 Å². The first-order valence-electron chi connectivity index (χ1n) is 7.43. The van der Waals surface area contributed by atoms with E-state index in [1.54, 1.807) is 30.3 Å². The van der Waals surface area contributed by atoms with Gasteiger partial charge in [0.2, 0.25) is 11.8 Å². The Labute approximate surface area is 154 Å². The zero-order valence-corrected chi connectivity index (χ0v) is 15.3.